The molecular formula is C30H61O2P. The van der Waals surface area contributed by atoms with E-state index in [0.29, 0.717) is 5.57 Å². The number of hydrogen-bond donors (Lipinski definition) is 0. The van der Waals surface area contributed by atoms with E-state index in [1.165, 1.54) is 116 Å². The van der Waals surface area contributed by atoms with Crippen molar-refractivity contribution in [2.45, 2.75) is 150 Å². The quantitative estimate of drug-likeness (QED) is 0.0773. The molecule has 0 saturated carbocycles. The summed E-state index contributed by atoms with van der Waals surface area (Å²) >= 11 is 0. The normalized spacial score (nSPS) is 12.9. The molecule has 0 N–H and O–H groups in total. The van der Waals surface area contributed by atoms with Gasteiger partial charge in [0.2, 0.25) is 0 Å². The summed E-state index contributed by atoms with van der Waals surface area (Å²) in [6.45, 7) is 12.4. The third kappa shape index (κ3) is 14.6. The molecule has 0 radical (unpaired) electrons. The second kappa shape index (κ2) is 19.9. The Bertz CT molecular complexity index is 456. The Morgan fingerprint density at radius 1 is 0.576 bits per heavy atom. The molecule has 0 saturated heterocycles. The van der Waals surface area contributed by atoms with E-state index < -0.39 is 6.83 Å². The maximum atomic E-state index is 13.0. The zero-order chi connectivity index (χ0) is 24.9. The Morgan fingerprint density at radius 2 is 0.879 bits per heavy atom. The van der Waals surface area contributed by atoms with Gasteiger partial charge in [-0.1, -0.05) is 0 Å². The van der Waals surface area contributed by atoms with Crippen molar-refractivity contribution in [1.82, 2.24) is 0 Å². The minimum absolute atomic E-state index is 0.113. The summed E-state index contributed by atoms with van der Waals surface area (Å²) in [5, 5.41) is 0. The molecule has 0 amide bonds. The Labute approximate surface area is 209 Å². The second-order valence-electron chi connectivity index (χ2n) is 10.8. The number of carbonyl (C=O) groups is 1. The predicted molar refractivity (Wildman–Crippen MR) is 153 cm³/mol. The molecule has 0 aliphatic heterocycles. The fourth-order valence-electron chi connectivity index (χ4n) is 5.20. The van der Waals surface area contributed by atoms with Crippen LogP contribution in [0.5, 0.6) is 0 Å². The Hall–Kier alpha value is -0.360. The van der Waals surface area contributed by atoms with Crippen molar-refractivity contribution in [1.29, 1.82) is 0 Å². The summed E-state index contributed by atoms with van der Waals surface area (Å²) in [5.74, 6) is -0.113. The van der Waals surface area contributed by atoms with Crippen molar-refractivity contribution in [3.05, 3.63) is 12.2 Å². The molecule has 0 aromatic heterocycles. The van der Waals surface area contributed by atoms with Crippen LogP contribution in [-0.4, -0.2) is 30.6 Å². The van der Waals surface area contributed by atoms with Crippen LogP contribution in [0.15, 0.2) is 12.2 Å². The van der Waals surface area contributed by atoms with Crippen molar-refractivity contribution in [2.75, 3.05) is 24.6 Å². The number of rotatable bonds is 24. The first-order chi connectivity index (χ1) is 15.9. The van der Waals surface area contributed by atoms with Gasteiger partial charge in [0.25, 0.3) is 0 Å². The third-order valence-electron chi connectivity index (χ3n) is 7.72. The summed E-state index contributed by atoms with van der Waals surface area (Å²) in [6.07, 6.45) is 28.0. The molecule has 0 aliphatic carbocycles. The summed E-state index contributed by atoms with van der Waals surface area (Å²) in [7, 11) is 0. The van der Waals surface area contributed by atoms with Gasteiger partial charge in [-0.25, -0.2) is 0 Å². The van der Waals surface area contributed by atoms with Crippen molar-refractivity contribution in [3.63, 3.8) is 0 Å². The van der Waals surface area contributed by atoms with Gasteiger partial charge in [0.15, 0.2) is 0 Å². The second-order valence-corrected chi connectivity index (χ2v) is 16.7. The molecule has 198 valence electrons. The summed E-state index contributed by atoms with van der Waals surface area (Å²) in [5.41, 5.74) is 0.575. The van der Waals surface area contributed by atoms with Gasteiger partial charge >= 0.3 is 209 Å². The zero-order valence-electron chi connectivity index (χ0n) is 23.5. The number of hydrogen-bond acceptors (Lipinski definition) is 2. The Balaban J connectivity index is 5.39. The first-order valence-corrected chi connectivity index (χ1v) is 17.7. The van der Waals surface area contributed by atoms with Gasteiger partial charge in [-0.15, -0.1) is 0 Å². The van der Waals surface area contributed by atoms with E-state index in [1.807, 2.05) is 6.92 Å². The van der Waals surface area contributed by atoms with E-state index in [0.717, 1.165) is 24.6 Å². The van der Waals surface area contributed by atoms with Crippen molar-refractivity contribution >= 4 is 12.8 Å². The van der Waals surface area contributed by atoms with Crippen LogP contribution in [0.4, 0.5) is 0 Å². The van der Waals surface area contributed by atoms with E-state index in [9.17, 15) is 4.79 Å². The van der Waals surface area contributed by atoms with Crippen molar-refractivity contribution < 1.29 is 9.32 Å². The molecule has 0 bridgehead atoms. The molecular weight excluding hydrogens is 423 g/mol. The average Bonchev–Trinajstić information content (AvgIpc) is 2.81. The van der Waals surface area contributed by atoms with E-state index in [2.05, 4.69) is 34.3 Å². The number of unbranched alkanes of at least 4 members (excludes halogenated alkanes) is 15. The number of carbonyl (C=O) groups excluding carboxylic acids is 1. The van der Waals surface area contributed by atoms with Crippen LogP contribution in [0.2, 0.25) is 0 Å². The molecule has 0 aromatic carbocycles. The molecule has 0 rings (SSSR count). The Kier molecular flexibility index (Phi) is 19.7. The van der Waals surface area contributed by atoms with Gasteiger partial charge in [-0.2, -0.15) is 0 Å². The standard InChI is InChI=1S/C30H61O2P/c1-7-11-14-17-20-23-26-33(10-4,32-30(31)29(5)6,27-24-21-18-15-12-8-2)28-25-22-19-16-13-9-3/h5,7-28H2,1-4,6H3. The SMILES string of the molecule is C=C(C)C(=O)OP(CC)(CCCCCCCC)(CCCCCCCC)CCCCCCCC. The van der Waals surface area contributed by atoms with Crippen LogP contribution in [-0.2, 0) is 9.32 Å². The van der Waals surface area contributed by atoms with E-state index in [1.54, 1.807) is 0 Å². The van der Waals surface area contributed by atoms with Crippen LogP contribution in [0, 0.1) is 0 Å². The fourth-order valence-corrected chi connectivity index (χ4v) is 10.9. The zero-order valence-corrected chi connectivity index (χ0v) is 24.4. The van der Waals surface area contributed by atoms with Gasteiger partial charge in [0.1, 0.15) is 0 Å². The minimum atomic E-state index is -2.56. The molecule has 0 heterocycles. The van der Waals surface area contributed by atoms with Gasteiger partial charge in [0, 0.05) is 0 Å². The molecule has 3 heteroatoms. The average molecular weight is 485 g/mol. The first kappa shape index (κ1) is 32.6. The Morgan fingerprint density at radius 3 is 1.15 bits per heavy atom. The van der Waals surface area contributed by atoms with Gasteiger partial charge in [-0.3, -0.25) is 0 Å². The van der Waals surface area contributed by atoms with Crippen molar-refractivity contribution in [3.8, 4) is 0 Å². The van der Waals surface area contributed by atoms with Gasteiger partial charge < -0.3 is 0 Å². The molecule has 0 aliphatic rings. The maximum absolute atomic E-state index is 13.0. The molecule has 0 atom stereocenters. The monoisotopic (exact) mass is 484 g/mol. The third-order valence-corrected chi connectivity index (χ3v) is 14.3. The molecule has 0 fully saturated rings. The topological polar surface area (TPSA) is 26.3 Å². The van der Waals surface area contributed by atoms with Crippen LogP contribution < -0.4 is 0 Å². The first-order valence-electron chi connectivity index (χ1n) is 14.8. The van der Waals surface area contributed by atoms with Crippen LogP contribution in [0.1, 0.15) is 150 Å². The van der Waals surface area contributed by atoms with Crippen molar-refractivity contribution in [2.24, 2.45) is 0 Å². The molecule has 2 nitrogen and oxygen atoms in total. The van der Waals surface area contributed by atoms with E-state index in [-0.39, 0.29) is 5.97 Å². The van der Waals surface area contributed by atoms with Crippen LogP contribution in [0.25, 0.3) is 0 Å². The summed E-state index contributed by atoms with van der Waals surface area (Å²) < 4.78 is 6.71. The summed E-state index contributed by atoms with van der Waals surface area (Å²) in [4.78, 5) is 13.0. The van der Waals surface area contributed by atoms with Crippen LogP contribution >= 0.6 is 6.83 Å². The molecule has 0 unspecified atom stereocenters. The fraction of sp³-hybridized carbons (Fsp3) is 0.900. The van der Waals surface area contributed by atoms with E-state index in [4.69, 9.17) is 4.52 Å². The van der Waals surface area contributed by atoms with Gasteiger partial charge in [-0.05, 0) is 0 Å². The molecule has 33 heavy (non-hydrogen) atoms. The summed E-state index contributed by atoms with van der Waals surface area (Å²) in [6, 6.07) is 0. The molecule has 0 spiro atoms. The van der Waals surface area contributed by atoms with Crippen LogP contribution in [0.3, 0.4) is 0 Å². The van der Waals surface area contributed by atoms with Gasteiger partial charge in [0.05, 0.1) is 0 Å². The molecule has 0 aromatic rings. The van der Waals surface area contributed by atoms with E-state index >= 15 is 0 Å². The predicted octanol–water partition coefficient (Wildman–Crippen LogP) is 10.7.